The van der Waals surface area contributed by atoms with E-state index in [-0.39, 0.29) is 0 Å². The second-order valence-corrected chi connectivity index (χ2v) is 5.58. The summed E-state index contributed by atoms with van der Waals surface area (Å²) < 4.78 is 5.64. The molecule has 104 valence electrons. The van der Waals surface area contributed by atoms with E-state index < -0.39 is 0 Å². The summed E-state index contributed by atoms with van der Waals surface area (Å²) in [5.41, 5.74) is 0.978. The molecular formula is C14H22N4O. The minimum Gasteiger partial charge on any atom is -0.478 e. The molecule has 0 radical (unpaired) electrons. The maximum Gasteiger partial charge on any atom is 0.228 e. The summed E-state index contributed by atoms with van der Waals surface area (Å²) in [5.74, 6) is 3.05. The highest BCUT2D eigenvalue weighted by molar-refractivity contribution is 5.36. The molecule has 0 aromatic carbocycles. The highest BCUT2D eigenvalue weighted by Gasteiger charge is 2.37. The quantitative estimate of drug-likeness (QED) is 0.884. The number of hydrogen-bond donors (Lipinski definition) is 1. The lowest BCUT2D eigenvalue weighted by atomic mass is 10.0. The number of fused-ring (bicyclic) bond motifs is 1. The van der Waals surface area contributed by atoms with E-state index in [1.165, 1.54) is 0 Å². The smallest absolute Gasteiger partial charge is 0.228 e. The fraction of sp³-hybridized carbons (Fsp3) is 0.714. The van der Waals surface area contributed by atoms with Crippen molar-refractivity contribution in [2.45, 2.75) is 20.3 Å². The van der Waals surface area contributed by atoms with E-state index in [0.717, 1.165) is 56.1 Å². The highest BCUT2D eigenvalue weighted by Crippen LogP contribution is 2.29. The van der Waals surface area contributed by atoms with Gasteiger partial charge in [0, 0.05) is 37.9 Å². The standard InChI is InChI=1S/C14H22N4O/c1-3-4-19-13-5-10(2)16-14(17-13)18-8-11-6-15-7-12(11)9-18/h5,11-12,15H,3-4,6-9H2,1-2H3. The monoisotopic (exact) mass is 262 g/mol. The molecule has 2 atom stereocenters. The molecule has 2 saturated heterocycles. The SMILES string of the molecule is CCCOc1cc(C)nc(N2CC3CNCC3C2)n1. The molecule has 5 nitrogen and oxygen atoms in total. The molecule has 0 bridgehead atoms. The molecule has 1 aromatic rings. The van der Waals surface area contributed by atoms with Gasteiger partial charge in [0.05, 0.1) is 6.61 Å². The van der Waals surface area contributed by atoms with E-state index >= 15 is 0 Å². The van der Waals surface area contributed by atoms with Gasteiger partial charge in [-0.2, -0.15) is 4.98 Å². The largest absolute Gasteiger partial charge is 0.478 e. The van der Waals surface area contributed by atoms with Crippen molar-refractivity contribution in [1.82, 2.24) is 15.3 Å². The first-order chi connectivity index (χ1) is 9.26. The van der Waals surface area contributed by atoms with Crippen LogP contribution in [-0.4, -0.2) is 42.8 Å². The first kappa shape index (κ1) is 12.7. The summed E-state index contributed by atoms with van der Waals surface area (Å²) in [6, 6.07) is 1.91. The molecular weight excluding hydrogens is 240 g/mol. The van der Waals surface area contributed by atoms with Gasteiger partial charge in [-0.25, -0.2) is 4.98 Å². The van der Waals surface area contributed by atoms with Crippen molar-refractivity contribution in [3.05, 3.63) is 11.8 Å². The minimum absolute atomic E-state index is 0.708. The zero-order valence-corrected chi connectivity index (χ0v) is 11.7. The van der Waals surface area contributed by atoms with Gasteiger partial charge in [0.15, 0.2) is 0 Å². The summed E-state index contributed by atoms with van der Waals surface area (Å²) >= 11 is 0. The Hall–Kier alpha value is -1.36. The molecule has 19 heavy (non-hydrogen) atoms. The Bertz CT molecular complexity index is 439. The lowest BCUT2D eigenvalue weighted by Crippen LogP contribution is -2.27. The Morgan fingerprint density at radius 2 is 2.05 bits per heavy atom. The molecule has 2 aliphatic heterocycles. The average molecular weight is 262 g/mol. The first-order valence-electron chi connectivity index (χ1n) is 7.20. The predicted octanol–water partition coefficient (Wildman–Crippen LogP) is 1.23. The fourth-order valence-corrected chi connectivity index (χ4v) is 2.97. The van der Waals surface area contributed by atoms with Crippen LogP contribution in [0.1, 0.15) is 19.0 Å². The molecule has 1 N–H and O–H groups in total. The molecule has 0 amide bonds. The number of nitrogens with zero attached hydrogens (tertiary/aromatic N) is 3. The van der Waals surface area contributed by atoms with Crippen LogP contribution in [0.5, 0.6) is 5.88 Å². The van der Waals surface area contributed by atoms with E-state index in [2.05, 4.69) is 27.1 Å². The van der Waals surface area contributed by atoms with E-state index in [0.29, 0.717) is 12.5 Å². The third-order valence-corrected chi connectivity index (χ3v) is 3.95. The molecule has 2 unspecified atom stereocenters. The Labute approximate surface area is 114 Å². The van der Waals surface area contributed by atoms with Gasteiger partial charge in [0.25, 0.3) is 0 Å². The van der Waals surface area contributed by atoms with Crippen molar-refractivity contribution in [1.29, 1.82) is 0 Å². The Morgan fingerprint density at radius 1 is 1.32 bits per heavy atom. The molecule has 0 saturated carbocycles. The molecule has 1 aromatic heterocycles. The third kappa shape index (κ3) is 2.66. The summed E-state index contributed by atoms with van der Waals surface area (Å²) in [6.45, 7) is 9.21. The number of hydrogen-bond acceptors (Lipinski definition) is 5. The van der Waals surface area contributed by atoms with Gasteiger partial charge in [-0.15, -0.1) is 0 Å². The van der Waals surface area contributed by atoms with E-state index in [1.807, 2.05) is 13.0 Å². The molecule has 0 spiro atoms. The summed E-state index contributed by atoms with van der Waals surface area (Å²) in [6.07, 6.45) is 0.998. The van der Waals surface area contributed by atoms with E-state index in [4.69, 9.17) is 4.74 Å². The second kappa shape index (κ2) is 5.33. The van der Waals surface area contributed by atoms with Crippen molar-refractivity contribution in [3.8, 4) is 5.88 Å². The Kier molecular flexibility index (Phi) is 3.55. The number of nitrogens with one attached hydrogen (secondary N) is 1. The maximum atomic E-state index is 5.64. The van der Waals surface area contributed by atoms with Crippen molar-refractivity contribution in [2.24, 2.45) is 11.8 Å². The lowest BCUT2D eigenvalue weighted by molar-refractivity contribution is 0.304. The van der Waals surface area contributed by atoms with E-state index in [1.54, 1.807) is 0 Å². The zero-order chi connectivity index (χ0) is 13.2. The van der Waals surface area contributed by atoms with Gasteiger partial charge in [-0.05, 0) is 25.2 Å². The third-order valence-electron chi connectivity index (χ3n) is 3.95. The topological polar surface area (TPSA) is 50.3 Å². The van der Waals surface area contributed by atoms with Crippen LogP contribution in [0.25, 0.3) is 0 Å². The Balaban J connectivity index is 1.75. The zero-order valence-electron chi connectivity index (χ0n) is 11.7. The van der Waals surface area contributed by atoms with Crippen LogP contribution in [0.3, 0.4) is 0 Å². The van der Waals surface area contributed by atoms with E-state index in [9.17, 15) is 0 Å². The average Bonchev–Trinajstić information content (AvgIpc) is 2.96. The predicted molar refractivity (Wildman–Crippen MR) is 74.6 cm³/mol. The van der Waals surface area contributed by atoms with Crippen molar-refractivity contribution < 1.29 is 4.74 Å². The molecule has 5 heteroatoms. The van der Waals surface area contributed by atoms with Crippen LogP contribution in [0, 0.1) is 18.8 Å². The highest BCUT2D eigenvalue weighted by atomic mass is 16.5. The van der Waals surface area contributed by atoms with Gasteiger partial charge in [0.2, 0.25) is 11.8 Å². The van der Waals surface area contributed by atoms with Gasteiger partial charge in [-0.1, -0.05) is 6.92 Å². The number of rotatable bonds is 4. The normalized spacial score (nSPS) is 25.7. The van der Waals surface area contributed by atoms with Gasteiger partial charge < -0.3 is 15.0 Å². The maximum absolute atomic E-state index is 5.64. The summed E-state index contributed by atoms with van der Waals surface area (Å²) in [5, 5.41) is 3.45. The molecule has 3 heterocycles. The van der Waals surface area contributed by atoms with Crippen LogP contribution >= 0.6 is 0 Å². The minimum atomic E-state index is 0.708. The summed E-state index contributed by atoms with van der Waals surface area (Å²) in [7, 11) is 0. The van der Waals surface area contributed by atoms with Crippen LogP contribution < -0.4 is 15.0 Å². The van der Waals surface area contributed by atoms with Crippen LogP contribution in [0.2, 0.25) is 0 Å². The van der Waals surface area contributed by atoms with Crippen molar-refractivity contribution in [2.75, 3.05) is 37.7 Å². The van der Waals surface area contributed by atoms with Gasteiger partial charge in [-0.3, -0.25) is 0 Å². The lowest BCUT2D eigenvalue weighted by Gasteiger charge is -2.18. The van der Waals surface area contributed by atoms with Crippen LogP contribution in [-0.2, 0) is 0 Å². The van der Waals surface area contributed by atoms with Crippen LogP contribution in [0.15, 0.2) is 6.07 Å². The fourth-order valence-electron chi connectivity index (χ4n) is 2.97. The number of aryl methyl sites for hydroxylation is 1. The van der Waals surface area contributed by atoms with Crippen LogP contribution in [0.4, 0.5) is 5.95 Å². The number of ether oxygens (including phenoxy) is 1. The number of aromatic nitrogens is 2. The van der Waals surface area contributed by atoms with Crippen molar-refractivity contribution >= 4 is 5.95 Å². The van der Waals surface area contributed by atoms with Crippen molar-refractivity contribution in [3.63, 3.8) is 0 Å². The number of anilines is 1. The second-order valence-electron chi connectivity index (χ2n) is 5.58. The summed E-state index contributed by atoms with van der Waals surface area (Å²) in [4.78, 5) is 11.4. The first-order valence-corrected chi connectivity index (χ1v) is 7.20. The molecule has 3 rings (SSSR count). The van der Waals surface area contributed by atoms with Gasteiger partial charge in [0.1, 0.15) is 0 Å². The molecule has 2 fully saturated rings. The molecule has 0 aliphatic carbocycles. The Morgan fingerprint density at radius 3 is 2.74 bits per heavy atom. The van der Waals surface area contributed by atoms with Gasteiger partial charge >= 0.3 is 0 Å². The molecule has 2 aliphatic rings.